The van der Waals surface area contributed by atoms with Gasteiger partial charge in [-0.1, -0.05) is 19.9 Å². The normalized spacial score (nSPS) is 12.7. The minimum atomic E-state index is 0.476. The van der Waals surface area contributed by atoms with Crippen LogP contribution in [0.25, 0.3) is 0 Å². The van der Waals surface area contributed by atoms with Crippen molar-refractivity contribution in [1.29, 1.82) is 0 Å². The first-order valence-corrected chi connectivity index (χ1v) is 5.13. The standard InChI is InChI=1S/C11H19N3/c1-4-6-9(3)11-10(7-12-5-2)8-13-14-11/h4,8-9,12H,1,5-7H2,2-3H3,(H,13,14). The highest BCUT2D eigenvalue weighted by Gasteiger charge is 2.10. The molecule has 0 bridgehead atoms. The summed E-state index contributed by atoms with van der Waals surface area (Å²) in [6, 6.07) is 0. The lowest BCUT2D eigenvalue weighted by Gasteiger charge is -2.09. The third kappa shape index (κ3) is 2.70. The highest BCUT2D eigenvalue weighted by Crippen LogP contribution is 2.20. The number of hydrogen-bond acceptors (Lipinski definition) is 2. The van der Waals surface area contributed by atoms with E-state index in [-0.39, 0.29) is 0 Å². The number of H-pyrrole nitrogens is 1. The van der Waals surface area contributed by atoms with Crippen LogP contribution in [0.3, 0.4) is 0 Å². The molecule has 1 aromatic rings. The van der Waals surface area contributed by atoms with Gasteiger partial charge >= 0.3 is 0 Å². The average Bonchev–Trinajstić information content (AvgIpc) is 2.63. The van der Waals surface area contributed by atoms with Gasteiger partial charge in [-0.05, 0) is 13.0 Å². The number of rotatable bonds is 6. The number of hydrogen-bond donors (Lipinski definition) is 2. The van der Waals surface area contributed by atoms with Gasteiger partial charge in [0.1, 0.15) is 0 Å². The Labute approximate surface area is 85.6 Å². The van der Waals surface area contributed by atoms with Crippen molar-refractivity contribution in [2.24, 2.45) is 0 Å². The van der Waals surface area contributed by atoms with Crippen LogP contribution in [0.1, 0.15) is 37.4 Å². The first kappa shape index (κ1) is 11.0. The zero-order valence-corrected chi connectivity index (χ0v) is 9.01. The molecule has 1 rings (SSSR count). The van der Waals surface area contributed by atoms with E-state index in [1.807, 2.05) is 12.3 Å². The van der Waals surface area contributed by atoms with E-state index < -0.39 is 0 Å². The molecule has 0 aromatic carbocycles. The van der Waals surface area contributed by atoms with Crippen molar-refractivity contribution in [3.05, 3.63) is 30.1 Å². The maximum absolute atomic E-state index is 4.08. The Hall–Kier alpha value is -1.09. The third-order valence-electron chi connectivity index (χ3n) is 2.33. The lowest BCUT2D eigenvalue weighted by atomic mass is 10.0. The second-order valence-electron chi connectivity index (χ2n) is 3.51. The molecule has 3 heteroatoms. The predicted octanol–water partition coefficient (Wildman–Crippen LogP) is 2.20. The van der Waals surface area contributed by atoms with Crippen LogP contribution in [-0.2, 0) is 6.54 Å². The number of aromatic nitrogens is 2. The molecule has 1 aromatic heterocycles. The third-order valence-corrected chi connectivity index (χ3v) is 2.33. The summed E-state index contributed by atoms with van der Waals surface area (Å²) in [6.45, 7) is 9.92. The minimum absolute atomic E-state index is 0.476. The summed E-state index contributed by atoms with van der Waals surface area (Å²) < 4.78 is 0. The summed E-state index contributed by atoms with van der Waals surface area (Å²) in [5, 5.41) is 10.4. The van der Waals surface area contributed by atoms with E-state index in [9.17, 15) is 0 Å². The summed E-state index contributed by atoms with van der Waals surface area (Å²) in [5.74, 6) is 0.476. The minimum Gasteiger partial charge on any atom is -0.313 e. The fourth-order valence-electron chi connectivity index (χ4n) is 1.52. The molecule has 0 fully saturated rings. The summed E-state index contributed by atoms with van der Waals surface area (Å²) >= 11 is 0. The molecule has 1 heterocycles. The molecule has 0 saturated carbocycles. The number of nitrogens with zero attached hydrogens (tertiary/aromatic N) is 1. The quantitative estimate of drug-likeness (QED) is 0.680. The predicted molar refractivity (Wildman–Crippen MR) is 59.2 cm³/mol. The smallest absolute Gasteiger partial charge is 0.0535 e. The van der Waals surface area contributed by atoms with Crippen LogP contribution in [0.4, 0.5) is 0 Å². The van der Waals surface area contributed by atoms with E-state index in [1.54, 1.807) is 0 Å². The van der Waals surface area contributed by atoms with E-state index >= 15 is 0 Å². The highest BCUT2D eigenvalue weighted by molar-refractivity contribution is 5.20. The van der Waals surface area contributed by atoms with Gasteiger partial charge in [0.25, 0.3) is 0 Å². The Balaban J connectivity index is 2.65. The molecule has 0 aliphatic heterocycles. The van der Waals surface area contributed by atoms with E-state index in [2.05, 4.69) is 35.9 Å². The van der Waals surface area contributed by atoms with Crippen molar-refractivity contribution in [3.63, 3.8) is 0 Å². The van der Waals surface area contributed by atoms with Gasteiger partial charge in [0, 0.05) is 23.7 Å². The van der Waals surface area contributed by atoms with Crippen LogP contribution in [0.15, 0.2) is 18.9 Å². The lowest BCUT2D eigenvalue weighted by molar-refractivity contribution is 0.690. The largest absolute Gasteiger partial charge is 0.313 e. The Bertz CT molecular complexity index is 278. The molecule has 0 aliphatic carbocycles. The first-order chi connectivity index (χ1) is 6.79. The second kappa shape index (κ2) is 5.60. The van der Waals surface area contributed by atoms with Gasteiger partial charge < -0.3 is 5.32 Å². The summed E-state index contributed by atoms with van der Waals surface area (Å²) in [5.41, 5.74) is 2.49. The molecule has 0 aliphatic rings. The van der Waals surface area contributed by atoms with Gasteiger partial charge in [0.2, 0.25) is 0 Å². The van der Waals surface area contributed by atoms with Crippen LogP contribution >= 0.6 is 0 Å². The Morgan fingerprint density at radius 1 is 1.71 bits per heavy atom. The molecule has 0 saturated heterocycles. The maximum Gasteiger partial charge on any atom is 0.0535 e. The molecule has 3 nitrogen and oxygen atoms in total. The molecule has 14 heavy (non-hydrogen) atoms. The molecule has 2 N–H and O–H groups in total. The number of allylic oxidation sites excluding steroid dienone is 1. The molecule has 0 radical (unpaired) electrons. The summed E-state index contributed by atoms with van der Waals surface area (Å²) in [4.78, 5) is 0. The Kier molecular flexibility index (Phi) is 4.40. The molecule has 0 spiro atoms. The van der Waals surface area contributed by atoms with Crippen LogP contribution in [0.2, 0.25) is 0 Å². The van der Waals surface area contributed by atoms with Crippen molar-refractivity contribution < 1.29 is 0 Å². The Morgan fingerprint density at radius 2 is 2.50 bits per heavy atom. The van der Waals surface area contributed by atoms with Gasteiger partial charge in [0.15, 0.2) is 0 Å². The zero-order valence-electron chi connectivity index (χ0n) is 9.01. The van der Waals surface area contributed by atoms with Crippen molar-refractivity contribution in [2.45, 2.75) is 32.7 Å². The first-order valence-electron chi connectivity index (χ1n) is 5.13. The van der Waals surface area contributed by atoms with Crippen molar-refractivity contribution in [1.82, 2.24) is 15.5 Å². The van der Waals surface area contributed by atoms with Crippen LogP contribution in [0, 0.1) is 0 Å². The van der Waals surface area contributed by atoms with Gasteiger partial charge in [0.05, 0.1) is 6.20 Å². The van der Waals surface area contributed by atoms with Gasteiger partial charge in [-0.2, -0.15) is 5.10 Å². The summed E-state index contributed by atoms with van der Waals surface area (Å²) in [6.07, 6.45) is 4.83. The monoisotopic (exact) mass is 193 g/mol. The van der Waals surface area contributed by atoms with E-state index in [0.717, 1.165) is 19.5 Å². The van der Waals surface area contributed by atoms with Gasteiger partial charge in [-0.15, -0.1) is 6.58 Å². The topological polar surface area (TPSA) is 40.7 Å². The van der Waals surface area contributed by atoms with E-state index in [4.69, 9.17) is 0 Å². The lowest BCUT2D eigenvalue weighted by Crippen LogP contribution is -2.13. The maximum atomic E-state index is 4.08. The van der Waals surface area contributed by atoms with Crippen molar-refractivity contribution in [3.8, 4) is 0 Å². The van der Waals surface area contributed by atoms with Crippen molar-refractivity contribution in [2.75, 3.05) is 6.54 Å². The zero-order chi connectivity index (χ0) is 10.4. The van der Waals surface area contributed by atoms with Crippen molar-refractivity contribution >= 4 is 0 Å². The number of aromatic amines is 1. The number of nitrogens with one attached hydrogen (secondary N) is 2. The van der Waals surface area contributed by atoms with Gasteiger partial charge in [-0.3, -0.25) is 5.10 Å². The molecule has 0 amide bonds. The Morgan fingerprint density at radius 3 is 3.14 bits per heavy atom. The highest BCUT2D eigenvalue weighted by atomic mass is 15.1. The van der Waals surface area contributed by atoms with Gasteiger partial charge in [-0.25, -0.2) is 0 Å². The SMILES string of the molecule is C=CCC(C)c1[nH]ncc1CNCC. The molecule has 1 atom stereocenters. The summed E-state index contributed by atoms with van der Waals surface area (Å²) in [7, 11) is 0. The molecule has 78 valence electrons. The van der Waals surface area contributed by atoms with E-state index in [0.29, 0.717) is 5.92 Å². The van der Waals surface area contributed by atoms with E-state index in [1.165, 1.54) is 11.3 Å². The average molecular weight is 193 g/mol. The molecule has 1 unspecified atom stereocenters. The fraction of sp³-hybridized carbons (Fsp3) is 0.545. The van der Waals surface area contributed by atoms with Crippen LogP contribution in [0.5, 0.6) is 0 Å². The molecular formula is C11H19N3. The van der Waals surface area contributed by atoms with Crippen LogP contribution in [-0.4, -0.2) is 16.7 Å². The fourth-order valence-corrected chi connectivity index (χ4v) is 1.52. The second-order valence-corrected chi connectivity index (χ2v) is 3.51. The molecular weight excluding hydrogens is 174 g/mol. The van der Waals surface area contributed by atoms with Crippen LogP contribution < -0.4 is 5.32 Å².